The molecule has 0 bridgehead atoms. The smallest absolute Gasteiger partial charge is 0.233 e. The topological polar surface area (TPSA) is 83.9 Å². The Kier molecular flexibility index (Phi) is 5.79. The number of carbonyl (C=O) groups excluding carboxylic acids is 1. The average molecular weight is 405 g/mol. The minimum atomic E-state index is -3.61. The largest absolute Gasteiger partial charge is 0.497 e. The summed E-state index contributed by atoms with van der Waals surface area (Å²) in [5.41, 5.74) is 1.14. The lowest BCUT2D eigenvalue weighted by molar-refractivity contribution is -0.158. The molecule has 0 spiro atoms. The predicted octanol–water partition coefficient (Wildman–Crippen LogP) is 3.41. The van der Waals surface area contributed by atoms with Gasteiger partial charge in [-0.1, -0.05) is 18.2 Å². The first-order valence-electron chi connectivity index (χ1n) is 8.15. The van der Waals surface area contributed by atoms with E-state index >= 15 is 0 Å². The van der Waals surface area contributed by atoms with Crippen LogP contribution >= 0.6 is 11.3 Å². The van der Waals surface area contributed by atoms with Gasteiger partial charge in [-0.05, 0) is 52.2 Å². The van der Waals surface area contributed by atoms with E-state index in [1.165, 1.54) is 7.11 Å². The minimum absolute atomic E-state index is 0.175. The van der Waals surface area contributed by atoms with Gasteiger partial charge in [-0.25, -0.2) is 13.5 Å². The third-order valence-corrected chi connectivity index (χ3v) is 6.72. The highest BCUT2D eigenvalue weighted by Gasteiger charge is 2.26. The van der Waals surface area contributed by atoms with Crippen LogP contribution in [0.5, 0.6) is 5.75 Å². The van der Waals surface area contributed by atoms with E-state index in [-0.39, 0.29) is 12.2 Å². The molecule has 2 aromatic carbocycles. The number of hydrogen-bond acceptors (Lipinski definition) is 6. The van der Waals surface area contributed by atoms with Crippen LogP contribution in [0.15, 0.2) is 53.9 Å². The predicted molar refractivity (Wildman–Crippen MR) is 105 cm³/mol. The molecule has 3 aromatic rings. The lowest BCUT2D eigenvalue weighted by atomic mass is 10.1. The monoisotopic (exact) mass is 405 g/mol. The van der Waals surface area contributed by atoms with Crippen LogP contribution in [0.1, 0.15) is 17.2 Å². The van der Waals surface area contributed by atoms with Gasteiger partial charge in [0.15, 0.2) is 9.84 Å². The molecule has 0 fully saturated rings. The summed E-state index contributed by atoms with van der Waals surface area (Å²) in [5, 5.41) is 13.3. The van der Waals surface area contributed by atoms with Crippen molar-refractivity contribution in [3.8, 4) is 5.75 Å². The fourth-order valence-corrected chi connectivity index (χ4v) is 5.31. The minimum Gasteiger partial charge on any atom is -0.497 e. The average Bonchev–Trinajstić information content (AvgIpc) is 3.13. The maximum atomic E-state index is 12.8. The summed E-state index contributed by atoms with van der Waals surface area (Å²) >= 11 is 1.59. The van der Waals surface area contributed by atoms with Crippen LogP contribution in [0, 0.1) is 0 Å². The van der Waals surface area contributed by atoms with Crippen LogP contribution < -0.4 is 4.74 Å². The van der Waals surface area contributed by atoms with Crippen molar-refractivity contribution >= 4 is 37.7 Å². The van der Waals surface area contributed by atoms with Gasteiger partial charge in [0.25, 0.3) is 0 Å². The number of hydroxylamine groups is 2. The van der Waals surface area contributed by atoms with Crippen molar-refractivity contribution in [2.75, 3.05) is 12.9 Å². The number of thiophene rings is 1. The molecule has 3 rings (SSSR count). The van der Waals surface area contributed by atoms with Crippen molar-refractivity contribution in [3.05, 3.63) is 65.0 Å². The number of fused-ring (bicyclic) bond motifs is 1. The van der Waals surface area contributed by atoms with Gasteiger partial charge in [-0.3, -0.25) is 10.0 Å². The van der Waals surface area contributed by atoms with Crippen molar-refractivity contribution in [1.82, 2.24) is 5.06 Å². The first kappa shape index (κ1) is 19.3. The molecule has 0 saturated heterocycles. The Labute approximate surface area is 161 Å². The lowest BCUT2D eigenvalue weighted by Gasteiger charge is -2.23. The molecular weight excluding hydrogens is 386 g/mol. The quantitative estimate of drug-likeness (QED) is 0.353. The van der Waals surface area contributed by atoms with Crippen molar-refractivity contribution in [2.45, 2.75) is 11.8 Å². The molecule has 1 unspecified atom stereocenters. The number of hydrogen-bond donors (Lipinski definition) is 1. The summed E-state index contributed by atoms with van der Waals surface area (Å²) in [6.45, 7) is 0. The number of rotatable bonds is 8. The molecule has 1 N–H and O–H groups in total. The first-order valence-corrected chi connectivity index (χ1v) is 10.8. The highest BCUT2D eigenvalue weighted by Crippen LogP contribution is 2.27. The molecule has 6 nitrogen and oxygen atoms in total. The van der Waals surface area contributed by atoms with Crippen LogP contribution in [0.4, 0.5) is 0 Å². The van der Waals surface area contributed by atoms with Crippen molar-refractivity contribution < 1.29 is 23.2 Å². The molecule has 142 valence electrons. The third kappa shape index (κ3) is 4.65. The zero-order valence-corrected chi connectivity index (χ0v) is 16.2. The molecule has 8 heteroatoms. The molecule has 1 aromatic heterocycles. The van der Waals surface area contributed by atoms with Gasteiger partial charge in [0.1, 0.15) is 5.75 Å². The second-order valence-corrected chi connectivity index (χ2v) is 9.18. The van der Waals surface area contributed by atoms with E-state index in [9.17, 15) is 18.4 Å². The fraction of sp³-hybridized carbons (Fsp3) is 0.211. The Morgan fingerprint density at radius 1 is 1.22 bits per heavy atom. The molecule has 27 heavy (non-hydrogen) atoms. The van der Waals surface area contributed by atoms with Gasteiger partial charge in [0, 0.05) is 4.70 Å². The highest BCUT2D eigenvalue weighted by atomic mass is 32.2. The molecule has 0 radical (unpaired) electrons. The summed E-state index contributed by atoms with van der Waals surface area (Å²) in [4.78, 5) is 11.1. The van der Waals surface area contributed by atoms with E-state index in [0.29, 0.717) is 21.9 Å². The van der Waals surface area contributed by atoms with E-state index < -0.39 is 21.6 Å². The summed E-state index contributed by atoms with van der Waals surface area (Å²) in [7, 11) is -2.12. The Hall–Kier alpha value is -2.42. The van der Waals surface area contributed by atoms with E-state index in [1.807, 2.05) is 23.6 Å². The fourth-order valence-electron chi connectivity index (χ4n) is 2.91. The Morgan fingerprint density at radius 3 is 2.78 bits per heavy atom. The molecule has 0 aliphatic heterocycles. The van der Waals surface area contributed by atoms with Gasteiger partial charge >= 0.3 is 0 Å². The number of amides is 1. The lowest BCUT2D eigenvalue weighted by Crippen LogP contribution is -2.30. The van der Waals surface area contributed by atoms with Gasteiger partial charge in [0.2, 0.25) is 6.41 Å². The van der Waals surface area contributed by atoms with Crippen LogP contribution in [0.2, 0.25) is 0 Å². The van der Waals surface area contributed by atoms with E-state index in [4.69, 9.17) is 4.74 Å². The van der Waals surface area contributed by atoms with Crippen molar-refractivity contribution in [1.29, 1.82) is 0 Å². The Morgan fingerprint density at radius 2 is 2.04 bits per heavy atom. The molecule has 1 amide bonds. The zero-order chi connectivity index (χ0) is 19.4. The number of ether oxygens (including phenoxy) is 1. The van der Waals surface area contributed by atoms with Crippen molar-refractivity contribution in [3.63, 3.8) is 0 Å². The van der Waals surface area contributed by atoms with E-state index in [1.54, 1.807) is 41.7 Å². The number of nitrogens with zero attached hydrogens (tertiary/aromatic N) is 1. The van der Waals surface area contributed by atoms with Crippen LogP contribution in [-0.2, 0) is 20.4 Å². The summed E-state index contributed by atoms with van der Waals surface area (Å²) in [6, 6.07) is 13.1. The zero-order valence-electron chi connectivity index (χ0n) is 14.6. The standard InChI is InChI=1S/C19H19NO5S2/c1-25-17-4-2-3-15(10-17)18(20(22)13-21)12-27(23,24)11-14-5-6-19-16(9-14)7-8-26-19/h2-10,13,18,22H,11-12H2,1H3. The summed E-state index contributed by atoms with van der Waals surface area (Å²) in [6.07, 6.45) is 0.205. The maximum absolute atomic E-state index is 12.8. The van der Waals surface area contributed by atoms with Gasteiger partial charge in [-0.15, -0.1) is 11.3 Å². The van der Waals surface area contributed by atoms with Crippen molar-refractivity contribution in [2.24, 2.45) is 0 Å². The second kappa shape index (κ2) is 8.08. The SMILES string of the molecule is COc1cccc(C(CS(=O)(=O)Cc2ccc3sccc3c2)N(O)C=O)c1. The second-order valence-electron chi connectivity index (χ2n) is 6.13. The van der Waals surface area contributed by atoms with Crippen LogP contribution in [0.25, 0.3) is 10.1 Å². The van der Waals surface area contributed by atoms with E-state index in [2.05, 4.69) is 0 Å². The van der Waals surface area contributed by atoms with Crippen LogP contribution in [-0.4, -0.2) is 38.0 Å². The normalized spacial score (nSPS) is 12.7. The highest BCUT2D eigenvalue weighted by molar-refractivity contribution is 7.90. The first-order chi connectivity index (χ1) is 12.9. The molecule has 0 saturated carbocycles. The van der Waals surface area contributed by atoms with Gasteiger partial charge < -0.3 is 4.74 Å². The molecule has 0 aliphatic rings. The van der Waals surface area contributed by atoms with Gasteiger partial charge in [-0.2, -0.15) is 0 Å². The number of methoxy groups -OCH3 is 1. The van der Waals surface area contributed by atoms with Gasteiger partial charge in [0.05, 0.1) is 24.7 Å². The maximum Gasteiger partial charge on any atom is 0.233 e. The Balaban J connectivity index is 1.85. The number of sulfone groups is 1. The summed E-state index contributed by atoms with van der Waals surface area (Å²) in [5.74, 6) is -0.0691. The Bertz CT molecular complexity index is 1040. The molecule has 0 aliphatic carbocycles. The third-order valence-electron chi connectivity index (χ3n) is 4.22. The van der Waals surface area contributed by atoms with Crippen LogP contribution in [0.3, 0.4) is 0 Å². The summed E-state index contributed by atoms with van der Waals surface area (Å²) < 4.78 is 31.7. The molecule has 1 atom stereocenters. The number of benzene rings is 2. The number of carbonyl (C=O) groups is 1. The molecular formula is C19H19NO5S2. The van der Waals surface area contributed by atoms with E-state index in [0.717, 1.165) is 10.1 Å². The molecule has 1 heterocycles.